The van der Waals surface area contributed by atoms with Crippen molar-refractivity contribution in [2.45, 2.75) is 27.3 Å². The van der Waals surface area contributed by atoms with Crippen LogP contribution in [0.5, 0.6) is 0 Å². The van der Waals surface area contributed by atoms with Crippen molar-refractivity contribution in [2.24, 2.45) is 0 Å². The van der Waals surface area contributed by atoms with E-state index in [4.69, 9.17) is 11.6 Å². The number of benzene rings is 1. The van der Waals surface area contributed by atoms with Gasteiger partial charge in [-0.1, -0.05) is 23.7 Å². The summed E-state index contributed by atoms with van der Waals surface area (Å²) in [5.41, 5.74) is 3.33. The highest BCUT2D eigenvalue weighted by Gasteiger charge is 2.20. The number of pyridine rings is 1. The molecule has 0 unspecified atom stereocenters. The van der Waals surface area contributed by atoms with Crippen molar-refractivity contribution in [3.05, 3.63) is 58.4 Å². The van der Waals surface area contributed by atoms with Crippen LogP contribution in [0.2, 0.25) is 5.02 Å². The van der Waals surface area contributed by atoms with Crippen molar-refractivity contribution in [3.63, 3.8) is 0 Å². The smallest absolute Gasteiger partial charge is 0.240 e. The first-order valence-electron chi connectivity index (χ1n) is 7.59. The van der Waals surface area contributed by atoms with Gasteiger partial charge in [0.15, 0.2) is 0 Å². The fourth-order valence-electron chi connectivity index (χ4n) is 2.50. The molecule has 0 spiro atoms. The van der Waals surface area contributed by atoms with Crippen LogP contribution in [0.25, 0.3) is 0 Å². The van der Waals surface area contributed by atoms with Gasteiger partial charge in [-0.05, 0) is 42.7 Å². The predicted octanol–water partition coefficient (Wildman–Crippen LogP) is 3.02. The Hall–Kier alpha value is -2.40. The van der Waals surface area contributed by atoms with Crippen LogP contribution in [-0.2, 0) is 16.1 Å². The first-order chi connectivity index (χ1) is 11.4. The standard InChI is InChI=1S/C18H20ClN3O2/c1-12-7-13(2)18(16(19)8-12)22(14(3)23)11-17(24)21-10-15-5-4-6-20-9-15/h4-9H,10-11H2,1-3H3,(H,21,24). The Morgan fingerprint density at radius 2 is 2.04 bits per heavy atom. The Kier molecular flexibility index (Phi) is 5.93. The Labute approximate surface area is 146 Å². The van der Waals surface area contributed by atoms with Crippen LogP contribution in [-0.4, -0.2) is 23.3 Å². The third-order valence-electron chi connectivity index (χ3n) is 3.56. The maximum Gasteiger partial charge on any atom is 0.240 e. The van der Waals surface area contributed by atoms with Gasteiger partial charge >= 0.3 is 0 Å². The fourth-order valence-corrected chi connectivity index (χ4v) is 2.92. The monoisotopic (exact) mass is 345 g/mol. The summed E-state index contributed by atoms with van der Waals surface area (Å²) >= 11 is 6.30. The maximum atomic E-state index is 12.2. The molecule has 0 radical (unpaired) electrons. The molecule has 1 heterocycles. The largest absolute Gasteiger partial charge is 0.350 e. The summed E-state index contributed by atoms with van der Waals surface area (Å²) in [4.78, 5) is 29.6. The van der Waals surface area contributed by atoms with Gasteiger partial charge in [-0.25, -0.2) is 0 Å². The van der Waals surface area contributed by atoms with Crippen LogP contribution in [0.3, 0.4) is 0 Å². The molecule has 0 saturated carbocycles. The molecule has 5 nitrogen and oxygen atoms in total. The van der Waals surface area contributed by atoms with Crippen molar-refractivity contribution in [1.82, 2.24) is 10.3 Å². The quantitative estimate of drug-likeness (QED) is 0.906. The van der Waals surface area contributed by atoms with Crippen LogP contribution in [0.15, 0.2) is 36.7 Å². The first-order valence-corrected chi connectivity index (χ1v) is 7.96. The molecule has 0 aliphatic rings. The molecule has 0 atom stereocenters. The van der Waals surface area contributed by atoms with E-state index in [0.717, 1.165) is 16.7 Å². The van der Waals surface area contributed by atoms with Crippen LogP contribution in [0, 0.1) is 13.8 Å². The number of nitrogens with zero attached hydrogens (tertiary/aromatic N) is 2. The minimum Gasteiger partial charge on any atom is -0.350 e. The lowest BCUT2D eigenvalue weighted by Crippen LogP contribution is -2.40. The van der Waals surface area contributed by atoms with Gasteiger partial charge in [0.25, 0.3) is 0 Å². The van der Waals surface area contributed by atoms with E-state index in [1.54, 1.807) is 24.5 Å². The normalized spacial score (nSPS) is 10.3. The zero-order chi connectivity index (χ0) is 17.7. The molecule has 0 aliphatic carbocycles. The van der Waals surface area contributed by atoms with E-state index >= 15 is 0 Å². The molecular weight excluding hydrogens is 326 g/mol. The number of amides is 2. The number of halogens is 1. The highest BCUT2D eigenvalue weighted by atomic mass is 35.5. The number of carbonyl (C=O) groups is 2. The molecule has 2 amide bonds. The molecule has 1 N–H and O–H groups in total. The molecule has 126 valence electrons. The second-order valence-electron chi connectivity index (χ2n) is 5.66. The summed E-state index contributed by atoms with van der Waals surface area (Å²) in [7, 11) is 0. The Balaban J connectivity index is 2.12. The van der Waals surface area contributed by atoms with Gasteiger partial charge in [-0.3, -0.25) is 14.6 Å². The summed E-state index contributed by atoms with van der Waals surface area (Å²) in [6.45, 7) is 5.50. The van der Waals surface area contributed by atoms with Gasteiger partial charge in [0.2, 0.25) is 11.8 Å². The lowest BCUT2D eigenvalue weighted by Gasteiger charge is -2.24. The van der Waals surface area contributed by atoms with Gasteiger partial charge in [-0.15, -0.1) is 0 Å². The number of anilines is 1. The summed E-state index contributed by atoms with van der Waals surface area (Å²) in [6.07, 6.45) is 3.36. The third-order valence-corrected chi connectivity index (χ3v) is 3.85. The van der Waals surface area contributed by atoms with Gasteiger partial charge < -0.3 is 10.2 Å². The predicted molar refractivity (Wildman–Crippen MR) is 95.0 cm³/mol. The van der Waals surface area contributed by atoms with Gasteiger partial charge in [0.1, 0.15) is 6.54 Å². The molecule has 24 heavy (non-hydrogen) atoms. The van der Waals surface area contributed by atoms with Crippen molar-refractivity contribution in [3.8, 4) is 0 Å². The van der Waals surface area contributed by atoms with E-state index in [0.29, 0.717) is 17.3 Å². The average molecular weight is 346 g/mol. The maximum absolute atomic E-state index is 12.2. The molecule has 0 aliphatic heterocycles. The van der Waals surface area contributed by atoms with E-state index in [9.17, 15) is 9.59 Å². The van der Waals surface area contributed by atoms with Crippen LogP contribution >= 0.6 is 11.6 Å². The van der Waals surface area contributed by atoms with Gasteiger partial charge in [0.05, 0.1) is 10.7 Å². The van der Waals surface area contributed by atoms with E-state index < -0.39 is 0 Å². The van der Waals surface area contributed by atoms with Crippen molar-refractivity contribution >= 4 is 29.1 Å². The number of hydrogen-bond donors (Lipinski definition) is 1. The Morgan fingerprint density at radius 3 is 2.62 bits per heavy atom. The number of hydrogen-bond acceptors (Lipinski definition) is 3. The van der Waals surface area contributed by atoms with Crippen molar-refractivity contribution in [2.75, 3.05) is 11.4 Å². The molecule has 6 heteroatoms. The molecule has 0 bridgehead atoms. The van der Waals surface area contributed by atoms with E-state index in [-0.39, 0.29) is 18.4 Å². The Bertz CT molecular complexity index is 724. The molecule has 2 aromatic rings. The van der Waals surface area contributed by atoms with Crippen LogP contribution in [0.4, 0.5) is 5.69 Å². The molecule has 1 aromatic heterocycles. The molecule has 0 saturated heterocycles. The van der Waals surface area contributed by atoms with Crippen LogP contribution in [0.1, 0.15) is 23.6 Å². The van der Waals surface area contributed by atoms with Crippen LogP contribution < -0.4 is 10.2 Å². The van der Waals surface area contributed by atoms with E-state index in [1.807, 2.05) is 26.0 Å². The second kappa shape index (κ2) is 7.93. The zero-order valence-electron chi connectivity index (χ0n) is 14.0. The van der Waals surface area contributed by atoms with Gasteiger partial charge in [-0.2, -0.15) is 0 Å². The SMILES string of the molecule is CC(=O)N(CC(=O)NCc1cccnc1)c1c(C)cc(C)cc1Cl. The lowest BCUT2D eigenvalue weighted by atomic mass is 10.1. The second-order valence-corrected chi connectivity index (χ2v) is 6.06. The average Bonchev–Trinajstić information content (AvgIpc) is 2.52. The summed E-state index contributed by atoms with van der Waals surface area (Å²) < 4.78 is 0. The van der Waals surface area contributed by atoms with Gasteiger partial charge in [0, 0.05) is 25.9 Å². The highest BCUT2D eigenvalue weighted by Crippen LogP contribution is 2.31. The minimum atomic E-state index is -0.259. The summed E-state index contributed by atoms with van der Waals surface area (Å²) in [5, 5.41) is 3.25. The van der Waals surface area contributed by atoms with Crippen molar-refractivity contribution in [1.29, 1.82) is 0 Å². The highest BCUT2D eigenvalue weighted by molar-refractivity contribution is 6.34. The molecule has 2 rings (SSSR count). The Morgan fingerprint density at radius 1 is 1.29 bits per heavy atom. The van der Waals surface area contributed by atoms with E-state index in [1.165, 1.54) is 11.8 Å². The number of aromatic nitrogens is 1. The number of nitrogens with one attached hydrogen (secondary N) is 1. The third kappa shape index (κ3) is 4.55. The minimum absolute atomic E-state index is 0.0841. The number of rotatable bonds is 5. The first kappa shape index (κ1) is 17.9. The zero-order valence-corrected chi connectivity index (χ0v) is 14.7. The summed E-state index contributed by atoms with van der Waals surface area (Å²) in [5.74, 6) is -0.495. The molecule has 1 aromatic carbocycles. The number of aryl methyl sites for hydroxylation is 2. The summed E-state index contributed by atoms with van der Waals surface area (Å²) in [6, 6.07) is 7.40. The lowest BCUT2D eigenvalue weighted by molar-refractivity contribution is -0.123. The molecule has 0 fully saturated rings. The van der Waals surface area contributed by atoms with Crippen molar-refractivity contribution < 1.29 is 9.59 Å². The fraction of sp³-hybridized carbons (Fsp3) is 0.278. The topological polar surface area (TPSA) is 62.3 Å². The molecular formula is C18H20ClN3O2. The number of carbonyl (C=O) groups excluding carboxylic acids is 2. The van der Waals surface area contributed by atoms with E-state index in [2.05, 4.69) is 10.3 Å².